The van der Waals surface area contributed by atoms with Gasteiger partial charge >= 0.3 is 5.97 Å². The summed E-state index contributed by atoms with van der Waals surface area (Å²) in [4.78, 5) is 18.7. The molecule has 1 aliphatic heterocycles. The Morgan fingerprint density at radius 1 is 1.20 bits per heavy atom. The SMILES string of the molecule is CC(C)C1(CCc2ccc(O)cc2)CC(O)=C(Sc2cc(C(C)(C)C)cc3sc(N)nc23)C(=O)O1. The highest BCUT2D eigenvalue weighted by Gasteiger charge is 2.44. The van der Waals surface area contributed by atoms with Crippen LogP contribution < -0.4 is 5.73 Å². The molecule has 4 N–H and O–H groups in total. The highest BCUT2D eigenvalue weighted by atomic mass is 32.2. The molecule has 2 aromatic carbocycles. The number of benzene rings is 2. The van der Waals surface area contributed by atoms with Gasteiger partial charge in [0.1, 0.15) is 22.0 Å². The van der Waals surface area contributed by atoms with E-state index in [1.165, 1.54) is 23.1 Å². The predicted molar refractivity (Wildman–Crippen MR) is 143 cm³/mol. The summed E-state index contributed by atoms with van der Waals surface area (Å²) in [6.45, 7) is 10.4. The molecule has 1 unspecified atom stereocenters. The van der Waals surface area contributed by atoms with Gasteiger partial charge in [0.2, 0.25) is 0 Å². The summed E-state index contributed by atoms with van der Waals surface area (Å²) < 4.78 is 7.03. The number of rotatable bonds is 6. The highest BCUT2D eigenvalue weighted by Crippen LogP contribution is 2.45. The van der Waals surface area contributed by atoms with Crippen LogP contribution in [0, 0.1) is 5.92 Å². The van der Waals surface area contributed by atoms with Crippen LogP contribution in [0.5, 0.6) is 5.75 Å². The standard InChI is InChI=1S/C27H32N2O4S2/c1-15(2)27(11-10-16-6-8-18(30)9-7-16)14-19(31)23(24(32)33-27)34-20-12-17(26(3,4)5)13-21-22(20)29-25(28)35-21/h6-9,12-13,15,30-31H,10-11,14H2,1-5H3,(H2,28,29). The molecule has 1 atom stereocenters. The van der Waals surface area contributed by atoms with Crippen LogP contribution in [0.2, 0.25) is 0 Å². The number of phenols is 1. The van der Waals surface area contributed by atoms with Crippen molar-refractivity contribution in [3.63, 3.8) is 0 Å². The number of aliphatic hydroxyl groups excluding tert-OH is 1. The fourth-order valence-electron chi connectivity index (χ4n) is 4.25. The Hall–Kier alpha value is -2.71. The van der Waals surface area contributed by atoms with Gasteiger partial charge in [-0.3, -0.25) is 0 Å². The molecule has 0 saturated heterocycles. The molecule has 2 heterocycles. The van der Waals surface area contributed by atoms with Crippen molar-refractivity contribution < 1.29 is 19.7 Å². The third kappa shape index (κ3) is 5.28. The van der Waals surface area contributed by atoms with Gasteiger partial charge in [0, 0.05) is 11.3 Å². The number of aromatic hydroxyl groups is 1. The number of nitrogens with two attached hydrogens (primary N) is 1. The van der Waals surface area contributed by atoms with E-state index in [9.17, 15) is 15.0 Å². The van der Waals surface area contributed by atoms with Gasteiger partial charge in [-0.2, -0.15) is 0 Å². The molecule has 6 nitrogen and oxygen atoms in total. The number of phenolic OH excluding ortho intramolecular Hbond substituents is 1. The molecule has 3 aromatic rings. The van der Waals surface area contributed by atoms with E-state index in [-0.39, 0.29) is 34.2 Å². The number of fused-ring (bicyclic) bond motifs is 1. The van der Waals surface area contributed by atoms with Crippen LogP contribution in [0.25, 0.3) is 10.2 Å². The maximum absolute atomic E-state index is 13.3. The van der Waals surface area contributed by atoms with Crippen molar-refractivity contribution in [2.45, 2.75) is 69.8 Å². The first kappa shape index (κ1) is 25.4. The van der Waals surface area contributed by atoms with Gasteiger partial charge in [-0.05, 0) is 59.6 Å². The predicted octanol–water partition coefficient (Wildman–Crippen LogP) is 6.72. The quantitative estimate of drug-likeness (QED) is 0.315. The average Bonchev–Trinajstić information content (AvgIpc) is 3.15. The lowest BCUT2D eigenvalue weighted by atomic mass is 9.80. The van der Waals surface area contributed by atoms with E-state index < -0.39 is 11.6 Å². The maximum Gasteiger partial charge on any atom is 0.349 e. The third-order valence-corrected chi connectivity index (χ3v) is 8.56. The van der Waals surface area contributed by atoms with Crippen molar-refractivity contribution in [2.75, 3.05) is 5.73 Å². The van der Waals surface area contributed by atoms with E-state index in [0.717, 1.165) is 26.2 Å². The average molecular weight is 513 g/mol. The number of anilines is 1. The van der Waals surface area contributed by atoms with Gasteiger partial charge in [-0.25, -0.2) is 9.78 Å². The first-order chi connectivity index (χ1) is 16.4. The Morgan fingerprint density at radius 2 is 1.89 bits per heavy atom. The van der Waals surface area contributed by atoms with E-state index in [1.54, 1.807) is 12.1 Å². The monoisotopic (exact) mass is 512 g/mol. The molecule has 0 bridgehead atoms. The van der Waals surface area contributed by atoms with Crippen LogP contribution in [0.15, 0.2) is 52.0 Å². The molecule has 35 heavy (non-hydrogen) atoms. The van der Waals surface area contributed by atoms with Gasteiger partial charge in [-0.1, -0.05) is 69.9 Å². The molecule has 0 amide bonds. The molecule has 0 saturated carbocycles. The number of hydrogen-bond acceptors (Lipinski definition) is 8. The number of thioether (sulfide) groups is 1. The minimum Gasteiger partial charge on any atom is -0.511 e. The van der Waals surface area contributed by atoms with E-state index >= 15 is 0 Å². The van der Waals surface area contributed by atoms with E-state index in [2.05, 4.69) is 31.8 Å². The Bertz CT molecular complexity index is 1290. The normalized spacial score (nSPS) is 19.0. The minimum absolute atomic E-state index is 0.00605. The number of thiazole rings is 1. The van der Waals surface area contributed by atoms with Crippen molar-refractivity contribution >= 4 is 44.4 Å². The van der Waals surface area contributed by atoms with Gasteiger partial charge < -0.3 is 20.7 Å². The van der Waals surface area contributed by atoms with Crippen molar-refractivity contribution in [1.82, 2.24) is 4.98 Å². The molecular formula is C27H32N2O4S2. The van der Waals surface area contributed by atoms with Crippen LogP contribution in [-0.4, -0.2) is 26.8 Å². The molecule has 0 spiro atoms. The maximum atomic E-state index is 13.3. The number of aliphatic hydroxyl groups is 1. The zero-order valence-electron chi connectivity index (χ0n) is 20.7. The lowest BCUT2D eigenvalue weighted by Crippen LogP contribution is -2.44. The van der Waals surface area contributed by atoms with E-state index in [4.69, 9.17) is 10.5 Å². The summed E-state index contributed by atoms with van der Waals surface area (Å²) >= 11 is 2.61. The fraction of sp³-hybridized carbons (Fsp3) is 0.407. The Kier molecular flexibility index (Phi) is 6.81. The molecule has 1 aromatic heterocycles. The van der Waals surface area contributed by atoms with Crippen LogP contribution in [-0.2, 0) is 21.4 Å². The molecule has 4 rings (SSSR count). The van der Waals surface area contributed by atoms with Gasteiger partial charge in [0.05, 0.1) is 10.2 Å². The molecule has 8 heteroatoms. The lowest BCUT2D eigenvalue weighted by Gasteiger charge is -2.40. The Morgan fingerprint density at radius 3 is 2.49 bits per heavy atom. The number of ether oxygens (including phenoxy) is 1. The fourth-order valence-corrected chi connectivity index (χ4v) is 6.09. The minimum atomic E-state index is -0.809. The molecule has 0 fully saturated rings. The number of cyclic esters (lactones) is 1. The van der Waals surface area contributed by atoms with E-state index in [1.807, 2.05) is 32.0 Å². The second-order valence-corrected chi connectivity index (χ2v) is 12.6. The number of carbonyl (C=O) groups is 1. The van der Waals surface area contributed by atoms with Crippen LogP contribution in [0.4, 0.5) is 5.13 Å². The van der Waals surface area contributed by atoms with Crippen molar-refractivity contribution in [1.29, 1.82) is 0 Å². The molecule has 0 radical (unpaired) electrons. The summed E-state index contributed by atoms with van der Waals surface area (Å²) in [6.07, 6.45) is 1.47. The summed E-state index contributed by atoms with van der Waals surface area (Å²) in [7, 11) is 0. The van der Waals surface area contributed by atoms with Crippen LogP contribution >= 0.6 is 23.1 Å². The lowest BCUT2D eigenvalue weighted by molar-refractivity contribution is -0.164. The summed E-state index contributed by atoms with van der Waals surface area (Å²) in [5.41, 5.74) is 7.95. The van der Waals surface area contributed by atoms with Crippen molar-refractivity contribution in [3.05, 3.63) is 58.2 Å². The zero-order chi connectivity index (χ0) is 25.5. The smallest absolute Gasteiger partial charge is 0.349 e. The van der Waals surface area contributed by atoms with Crippen molar-refractivity contribution in [3.8, 4) is 5.75 Å². The molecule has 186 valence electrons. The number of nitrogens with zero attached hydrogens (tertiary/aromatic N) is 1. The third-order valence-electron chi connectivity index (χ3n) is 6.59. The van der Waals surface area contributed by atoms with Crippen LogP contribution in [0.1, 0.15) is 58.6 Å². The number of aromatic nitrogens is 1. The largest absolute Gasteiger partial charge is 0.511 e. The first-order valence-corrected chi connectivity index (χ1v) is 13.3. The van der Waals surface area contributed by atoms with Gasteiger partial charge in [0.25, 0.3) is 0 Å². The Balaban J connectivity index is 1.65. The molecule has 0 aliphatic carbocycles. The topological polar surface area (TPSA) is 106 Å². The number of carbonyl (C=O) groups excluding carboxylic acids is 1. The van der Waals surface area contributed by atoms with E-state index in [0.29, 0.717) is 18.0 Å². The number of aryl methyl sites for hydroxylation is 1. The summed E-state index contributed by atoms with van der Waals surface area (Å²) in [6, 6.07) is 11.1. The Labute approximate surface area is 214 Å². The molecule has 1 aliphatic rings. The van der Waals surface area contributed by atoms with Crippen LogP contribution in [0.3, 0.4) is 0 Å². The number of esters is 1. The number of hydrogen-bond donors (Lipinski definition) is 3. The van der Waals surface area contributed by atoms with Crippen molar-refractivity contribution in [2.24, 2.45) is 5.92 Å². The second-order valence-electron chi connectivity index (χ2n) is 10.5. The number of nitrogen functional groups attached to an aromatic ring is 1. The zero-order valence-corrected chi connectivity index (χ0v) is 22.3. The summed E-state index contributed by atoms with van der Waals surface area (Å²) in [5.74, 6) is -0.254. The first-order valence-electron chi connectivity index (χ1n) is 11.7. The molecular weight excluding hydrogens is 480 g/mol. The second kappa shape index (κ2) is 9.39. The van der Waals surface area contributed by atoms with Gasteiger partial charge in [-0.15, -0.1) is 0 Å². The summed E-state index contributed by atoms with van der Waals surface area (Å²) in [5, 5.41) is 21.1. The highest BCUT2D eigenvalue weighted by molar-refractivity contribution is 8.04. The van der Waals surface area contributed by atoms with Gasteiger partial charge in [0.15, 0.2) is 5.13 Å².